The molecule has 0 atom stereocenters. The molecule has 0 saturated carbocycles. The SMILES string of the molecule is CCS(=O)(=O)N1CCC(NC(=O)OC)CC1. The van der Waals surface area contributed by atoms with Crippen LogP contribution in [0.1, 0.15) is 19.8 Å². The third kappa shape index (κ3) is 3.34. The Morgan fingerprint density at radius 2 is 2.00 bits per heavy atom. The number of rotatable bonds is 3. The van der Waals surface area contributed by atoms with Crippen LogP contribution in [-0.4, -0.2) is 50.8 Å². The molecule has 1 aliphatic heterocycles. The number of ether oxygens (including phenoxy) is 1. The maximum Gasteiger partial charge on any atom is 0.407 e. The van der Waals surface area contributed by atoms with Crippen molar-refractivity contribution < 1.29 is 17.9 Å². The molecule has 0 aliphatic carbocycles. The van der Waals surface area contributed by atoms with Gasteiger partial charge in [-0.2, -0.15) is 0 Å². The number of alkyl carbamates (subject to hydrolysis) is 1. The second-order valence-corrected chi connectivity index (χ2v) is 5.97. The molecule has 0 aromatic heterocycles. The highest BCUT2D eigenvalue weighted by Crippen LogP contribution is 2.14. The zero-order valence-corrected chi connectivity index (χ0v) is 10.4. The van der Waals surface area contributed by atoms with Gasteiger partial charge in [0.15, 0.2) is 0 Å². The summed E-state index contributed by atoms with van der Waals surface area (Å²) in [5.41, 5.74) is 0. The fraction of sp³-hybridized carbons (Fsp3) is 0.889. The molecule has 6 nitrogen and oxygen atoms in total. The molecule has 1 amide bonds. The third-order valence-electron chi connectivity index (χ3n) is 2.72. The Labute approximate surface area is 96.0 Å². The van der Waals surface area contributed by atoms with E-state index in [2.05, 4.69) is 10.1 Å². The smallest absolute Gasteiger partial charge is 0.407 e. The first-order valence-electron chi connectivity index (χ1n) is 5.32. The van der Waals surface area contributed by atoms with Crippen molar-refractivity contribution in [1.82, 2.24) is 9.62 Å². The lowest BCUT2D eigenvalue weighted by molar-refractivity contribution is 0.161. The van der Waals surface area contributed by atoms with Crippen molar-refractivity contribution in [3.05, 3.63) is 0 Å². The van der Waals surface area contributed by atoms with E-state index in [9.17, 15) is 13.2 Å². The molecule has 0 spiro atoms. The minimum atomic E-state index is -3.09. The molecule has 0 radical (unpaired) electrons. The van der Waals surface area contributed by atoms with Crippen LogP contribution >= 0.6 is 0 Å². The molecule has 0 aromatic rings. The summed E-state index contributed by atoms with van der Waals surface area (Å²) in [7, 11) is -1.78. The highest BCUT2D eigenvalue weighted by Gasteiger charge is 2.27. The van der Waals surface area contributed by atoms with E-state index in [0.29, 0.717) is 25.9 Å². The number of amides is 1. The van der Waals surface area contributed by atoms with Gasteiger partial charge in [0.2, 0.25) is 10.0 Å². The standard InChI is InChI=1S/C9H18N2O4S/c1-3-16(13,14)11-6-4-8(5-7-11)10-9(12)15-2/h8H,3-7H2,1-2H3,(H,10,12). The Morgan fingerprint density at radius 3 is 2.44 bits per heavy atom. The van der Waals surface area contributed by atoms with Crippen molar-refractivity contribution in [1.29, 1.82) is 0 Å². The largest absolute Gasteiger partial charge is 0.453 e. The minimum Gasteiger partial charge on any atom is -0.453 e. The monoisotopic (exact) mass is 250 g/mol. The van der Waals surface area contributed by atoms with Crippen molar-refractivity contribution in [2.45, 2.75) is 25.8 Å². The summed E-state index contributed by atoms with van der Waals surface area (Å²) in [6.45, 7) is 2.56. The molecule has 1 saturated heterocycles. The highest BCUT2D eigenvalue weighted by molar-refractivity contribution is 7.89. The van der Waals surface area contributed by atoms with Gasteiger partial charge in [-0.05, 0) is 19.8 Å². The van der Waals surface area contributed by atoms with Gasteiger partial charge >= 0.3 is 6.09 Å². The molecule has 1 aliphatic rings. The van der Waals surface area contributed by atoms with Gasteiger partial charge < -0.3 is 10.1 Å². The van der Waals surface area contributed by atoms with Crippen LogP contribution in [0.4, 0.5) is 4.79 Å². The molecule has 0 unspecified atom stereocenters. The van der Waals surface area contributed by atoms with Gasteiger partial charge in [0.05, 0.1) is 12.9 Å². The minimum absolute atomic E-state index is 0.00996. The Morgan fingerprint density at radius 1 is 1.44 bits per heavy atom. The van der Waals surface area contributed by atoms with Crippen molar-refractivity contribution in [3.63, 3.8) is 0 Å². The Bertz CT molecular complexity index is 333. The molecule has 0 aromatic carbocycles. The highest BCUT2D eigenvalue weighted by atomic mass is 32.2. The van der Waals surface area contributed by atoms with Crippen molar-refractivity contribution >= 4 is 16.1 Å². The summed E-state index contributed by atoms with van der Waals surface area (Å²) >= 11 is 0. The van der Waals surface area contributed by atoms with Gasteiger partial charge in [-0.3, -0.25) is 0 Å². The number of methoxy groups -OCH3 is 1. The van der Waals surface area contributed by atoms with Gasteiger partial charge in [0.25, 0.3) is 0 Å². The van der Waals surface area contributed by atoms with Crippen molar-refractivity contribution in [3.8, 4) is 0 Å². The molecular weight excluding hydrogens is 232 g/mol. The molecule has 16 heavy (non-hydrogen) atoms. The summed E-state index contributed by atoms with van der Waals surface area (Å²) in [5.74, 6) is 0.127. The number of hydrogen-bond acceptors (Lipinski definition) is 4. The zero-order valence-electron chi connectivity index (χ0n) is 9.60. The number of nitrogens with zero attached hydrogens (tertiary/aromatic N) is 1. The van der Waals surface area contributed by atoms with E-state index in [1.165, 1.54) is 11.4 Å². The van der Waals surface area contributed by atoms with Gasteiger partial charge in [0.1, 0.15) is 0 Å². The lowest BCUT2D eigenvalue weighted by atomic mass is 10.1. The second-order valence-electron chi connectivity index (χ2n) is 3.71. The predicted octanol–water partition coefficient (Wildman–Crippen LogP) is 0.157. The van der Waals surface area contributed by atoms with Crippen LogP contribution < -0.4 is 5.32 Å². The Balaban J connectivity index is 2.43. The first kappa shape index (κ1) is 13.2. The molecular formula is C9H18N2O4S. The van der Waals surface area contributed by atoms with Crippen molar-refractivity contribution in [2.24, 2.45) is 0 Å². The van der Waals surface area contributed by atoms with Gasteiger partial charge in [-0.25, -0.2) is 17.5 Å². The van der Waals surface area contributed by atoms with E-state index in [1.807, 2.05) is 0 Å². The number of carbonyl (C=O) groups is 1. The van der Waals surface area contributed by atoms with Gasteiger partial charge in [-0.1, -0.05) is 0 Å². The summed E-state index contributed by atoms with van der Waals surface area (Å²) in [6, 6.07) is 0.00996. The normalized spacial score (nSPS) is 19.4. The van der Waals surface area contributed by atoms with E-state index in [-0.39, 0.29) is 11.8 Å². The third-order valence-corrected chi connectivity index (χ3v) is 4.60. The van der Waals surface area contributed by atoms with Crippen LogP contribution in [0, 0.1) is 0 Å². The summed E-state index contributed by atoms with van der Waals surface area (Å²) in [4.78, 5) is 10.9. The number of sulfonamides is 1. The number of piperidine rings is 1. The van der Waals surface area contributed by atoms with E-state index < -0.39 is 16.1 Å². The van der Waals surface area contributed by atoms with E-state index in [1.54, 1.807) is 6.92 Å². The fourth-order valence-electron chi connectivity index (χ4n) is 1.69. The van der Waals surface area contributed by atoms with Crippen LogP contribution in [0.25, 0.3) is 0 Å². The van der Waals surface area contributed by atoms with Crippen LogP contribution in [0.3, 0.4) is 0 Å². The predicted molar refractivity (Wildman–Crippen MR) is 59.6 cm³/mol. The molecule has 1 heterocycles. The van der Waals surface area contributed by atoms with Gasteiger partial charge in [0, 0.05) is 19.1 Å². The molecule has 1 rings (SSSR count). The number of carbonyl (C=O) groups excluding carboxylic acids is 1. The molecule has 1 N–H and O–H groups in total. The lowest BCUT2D eigenvalue weighted by Crippen LogP contribution is -2.46. The summed E-state index contributed by atoms with van der Waals surface area (Å²) < 4.78 is 29.1. The second kappa shape index (κ2) is 5.49. The fourth-order valence-corrected chi connectivity index (χ4v) is 2.82. The average molecular weight is 250 g/mol. The number of hydrogen-bond donors (Lipinski definition) is 1. The Kier molecular flexibility index (Phi) is 4.55. The van der Waals surface area contributed by atoms with Gasteiger partial charge in [-0.15, -0.1) is 0 Å². The first-order chi connectivity index (χ1) is 7.49. The van der Waals surface area contributed by atoms with Crippen LogP contribution in [-0.2, 0) is 14.8 Å². The molecule has 1 fully saturated rings. The quantitative estimate of drug-likeness (QED) is 0.774. The number of nitrogens with one attached hydrogen (secondary N) is 1. The average Bonchev–Trinajstić information content (AvgIpc) is 2.29. The molecule has 0 bridgehead atoms. The lowest BCUT2D eigenvalue weighted by Gasteiger charge is -2.30. The zero-order chi connectivity index (χ0) is 12.2. The maximum absolute atomic E-state index is 11.6. The topological polar surface area (TPSA) is 75.7 Å². The van der Waals surface area contributed by atoms with E-state index in [0.717, 1.165) is 0 Å². The van der Waals surface area contributed by atoms with E-state index >= 15 is 0 Å². The summed E-state index contributed by atoms with van der Waals surface area (Å²) in [6.07, 6.45) is 0.805. The Hall–Kier alpha value is -0.820. The molecule has 7 heteroatoms. The molecule has 94 valence electrons. The van der Waals surface area contributed by atoms with Crippen LogP contribution in [0.15, 0.2) is 0 Å². The van der Waals surface area contributed by atoms with Crippen LogP contribution in [0.2, 0.25) is 0 Å². The summed E-state index contributed by atoms with van der Waals surface area (Å²) in [5, 5.41) is 2.68. The first-order valence-corrected chi connectivity index (χ1v) is 6.92. The maximum atomic E-state index is 11.6. The van der Waals surface area contributed by atoms with Crippen LogP contribution in [0.5, 0.6) is 0 Å². The van der Waals surface area contributed by atoms with Crippen molar-refractivity contribution in [2.75, 3.05) is 26.0 Å². The van der Waals surface area contributed by atoms with E-state index in [4.69, 9.17) is 0 Å².